The Labute approximate surface area is 102 Å². The number of benzene rings is 1. The van der Waals surface area contributed by atoms with E-state index in [0.717, 1.165) is 4.47 Å². The highest BCUT2D eigenvalue weighted by Gasteiger charge is 2.50. The van der Waals surface area contributed by atoms with Crippen LogP contribution in [0.5, 0.6) is 5.75 Å². The lowest BCUT2D eigenvalue weighted by Crippen LogP contribution is -2.13. The van der Waals surface area contributed by atoms with Gasteiger partial charge in [0.2, 0.25) is 0 Å². The number of carbonyl (C=O) groups excluding carboxylic acids is 1. The van der Waals surface area contributed by atoms with Crippen LogP contribution in [-0.4, -0.2) is 12.9 Å². The number of halogens is 1. The first kappa shape index (κ1) is 11.2. The van der Waals surface area contributed by atoms with Crippen LogP contribution in [0.25, 0.3) is 0 Å². The third-order valence-electron chi connectivity index (χ3n) is 2.81. The molecule has 0 aliphatic heterocycles. The number of nitrogens with zero attached hydrogens (tertiary/aromatic N) is 1. The molecular weight excluding hydrogens is 270 g/mol. The topological polar surface area (TPSA) is 50.1 Å². The number of ketones is 1. The molecular formula is C12H10BrNO2. The molecule has 0 saturated heterocycles. The van der Waals surface area contributed by atoms with Crippen LogP contribution >= 0.6 is 15.9 Å². The maximum Gasteiger partial charge on any atom is 0.183 e. The van der Waals surface area contributed by atoms with Crippen molar-refractivity contribution in [3.8, 4) is 11.8 Å². The van der Waals surface area contributed by atoms with E-state index < -0.39 is 5.41 Å². The summed E-state index contributed by atoms with van der Waals surface area (Å²) in [6, 6.07) is 7.23. The van der Waals surface area contributed by atoms with Gasteiger partial charge in [-0.1, -0.05) is 0 Å². The van der Waals surface area contributed by atoms with Crippen LogP contribution in [0.4, 0.5) is 0 Å². The Bertz CT molecular complexity index is 486. The zero-order valence-electron chi connectivity index (χ0n) is 8.79. The predicted molar refractivity (Wildman–Crippen MR) is 62.3 cm³/mol. The van der Waals surface area contributed by atoms with Gasteiger partial charge in [0.25, 0.3) is 0 Å². The zero-order chi connectivity index (χ0) is 11.8. The second kappa shape index (κ2) is 3.91. The lowest BCUT2D eigenvalue weighted by Gasteiger charge is -2.07. The minimum atomic E-state index is -0.756. The summed E-state index contributed by atoms with van der Waals surface area (Å²) >= 11 is 3.32. The molecule has 1 fully saturated rings. The van der Waals surface area contributed by atoms with Crippen molar-refractivity contribution in [2.24, 2.45) is 5.41 Å². The summed E-state index contributed by atoms with van der Waals surface area (Å²) in [7, 11) is 1.57. The number of carbonyl (C=O) groups is 1. The van der Waals surface area contributed by atoms with E-state index >= 15 is 0 Å². The molecule has 1 aliphatic rings. The van der Waals surface area contributed by atoms with E-state index in [1.165, 1.54) is 0 Å². The molecule has 2 rings (SSSR count). The summed E-state index contributed by atoms with van der Waals surface area (Å²) in [6.45, 7) is 0. The molecule has 1 saturated carbocycles. The number of hydrogen-bond acceptors (Lipinski definition) is 3. The Morgan fingerprint density at radius 1 is 1.56 bits per heavy atom. The van der Waals surface area contributed by atoms with E-state index in [2.05, 4.69) is 22.0 Å². The molecule has 1 aliphatic carbocycles. The monoisotopic (exact) mass is 279 g/mol. The number of rotatable bonds is 3. The van der Waals surface area contributed by atoms with Crippen LogP contribution in [0.2, 0.25) is 0 Å². The molecule has 3 nitrogen and oxygen atoms in total. The van der Waals surface area contributed by atoms with E-state index in [0.29, 0.717) is 24.2 Å². The normalized spacial score (nSPS) is 16.3. The van der Waals surface area contributed by atoms with E-state index in [-0.39, 0.29) is 5.78 Å². The van der Waals surface area contributed by atoms with Crippen molar-refractivity contribution in [2.45, 2.75) is 12.8 Å². The Hall–Kier alpha value is -1.34. The standard InChI is InChI=1S/C12H10BrNO2/c1-16-10-3-2-8(6-9(10)13)11(15)12(7-14)4-5-12/h2-3,6H,4-5H2,1H3. The van der Waals surface area contributed by atoms with Crippen LogP contribution < -0.4 is 4.74 Å². The first-order valence-electron chi connectivity index (χ1n) is 4.92. The number of ether oxygens (including phenoxy) is 1. The zero-order valence-corrected chi connectivity index (χ0v) is 10.4. The van der Waals surface area contributed by atoms with Crippen molar-refractivity contribution in [3.05, 3.63) is 28.2 Å². The average molecular weight is 280 g/mol. The molecule has 1 aromatic carbocycles. The molecule has 0 N–H and O–H groups in total. The molecule has 4 heteroatoms. The summed E-state index contributed by atoms with van der Waals surface area (Å²) in [5.74, 6) is 0.594. The maximum atomic E-state index is 12.0. The quantitative estimate of drug-likeness (QED) is 0.800. The van der Waals surface area contributed by atoms with Crippen LogP contribution in [-0.2, 0) is 0 Å². The largest absolute Gasteiger partial charge is 0.496 e. The molecule has 0 amide bonds. The van der Waals surface area contributed by atoms with Gasteiger partial charge in [-0.3, -0.25) is 4.79 Å². The van der Waals surface area contributed by atoms with E-state index in [9.17, 15) is 4.79 Å². The molecule has 82 valence electrons. The number of nitriles is 1. The summed E-state index contributed by atoms with van der Waals surface area (Å²) in [4.78, 5) is 12.0. The molecule has 0 spiro atoms. The van der Waals surface area contributed by atoms with Gasteiger partial charge in [-0.05, 0) is 47.0 Å². The SMILES string of the molecule is COc1ccc(C(=O)C2(C#N)CC2)cc1Br. The van der Waals surface area contributed by atoms with Gasteiger partial charge in [0.05, 0.1) is 17.7 Å². The van der Waals surface area contributed by atoms with Gasteiger partial charge < -0.3 is 4.74 Å². The Morgan fingerprint density at radius 3 is 2.69 bits per heavy atom. The van der Waals surface area contributed by atoms with Crippen LogP contribution in [0.1, 0.15) is 23.2 Å². The molecule has 0 unspecified atom stereocenters. The number of Topliss-reactive ketones (excluding diaryl/α,β-unsaturated/α-hetero) is 1. The smallest absolute Gasteiger partial charge is 0.183 e. The van der Waals surface area contributed by atoms with Crippen LogP contribution in [0, 0.1) is 16.7 Å². The second-order valence-electron chi connectivity index (χ2n) is 3.87. The minimum Gasteiger partial charge on any atom is -0.496 e. The first-order valence-corrected chi connectivity index (χ1v) is 5.72. The third-order valence-corrected chi connectivity index (χ3v) is 3.43. The van der Waals surface area contributed by atoms with Crippen LogP contribution in [0.15, 0.2) is 22.7 Å². The highest BCUT2D eigenvalue weighted by atomic mass is 79.9. The molecule has 0 heterocycles. The molecule has 0 aromatic heterocycles. The van der Waals surface area contributed by atoms with Gasteiger partial charge in [0.1, 0.15) is 11.2 Å². The van der Waals surface area contributed by atoms with Crippen molar-refractivity contribution in [1.82, 2.24) is 0 Å². The van der Waals surface area contributed by atoms with Gasteiger partial charge >= 0.3 is 0 Å². The lowest BCUT2D eigenvalue weighted by atomic mass is 9.96. The minimum absolute atomic E-state index is 0.0849. The summed E-state index contributed by atoms with van der Waals surface area (Å²) in [6.07, 6.45) is 1.35. The van der Waals surface area contributed by atoms with Crippen molar-refractivity contribution < 1.29 is 9.53 Å². The lowest BCUT2D eigenvalue weighted by molar-refractivity contribution is 0.0934. The summed E-state index contributed by atoms with van der Waals surface area (Å²) in [5.41, 5.74) is -0.194. The maximum absolute atomic E-state index is 12.0. The fourth-order valence-corrected chi connectivity index (χ4v) is 2.14. The van der Waals surface area contributed by atoms with Gasteiger partial charge in [-0.2, -0.15) is 5.26 Å². The van der Waals surface area contributed by atoms with Gasteiger partial charge in [0, 0.05) is 5.56 Å². The van der Waals surface area contributed by atoms with Crippen molar-refractivity contribution in [3.63, 3.8) is 0 Å². The average Bonchev–Trinajstić information content (AvgIpc) is 3.09. The fourth-order valence-electron chi connectivity index (χ4n) is 1.60. The summed E-state index contributed by atoms with van der Waals surface area (Å²) in [5, 5.41) is 8.95. The van der Waals surface area contributed by atoms with Crippen LogP contribution in [0.3, 0.4) is 0 Å². The molecule has 1 aromatic rings. The summed E-state index contributed by atoms with van der Waals surface area (Å²) < 4.78 is 5.82. The Balaban J connectivity index is 2.33. The number of hydrogen-bond donors (Lipinski definition) is 0. The van der Waals surface area contributed by atoms with Crippen molar-refractivity contribution in [1.29, 1.82) is 5.26 Å². The second-order valence-corrected chi connectivity index (χ2v) is 4.73. The molecule has 0 bridgehead atoms. The van der Waals surface area contributed by atoms with E-state index in [4.69, 9.17) is 10.00 Å². The van der Waals surface area contributed by atoms with E-state index in [1.807, 2.05) is 0 Å². The first-order chi connectivity index (χ1) is 7.63. The molecule has 0 atom stereocenters. The third kappa shape index (κ3) is 1.72. The Morgan fingerprint density at radius 2 is 2.25 bits per heavy atom. The predicted octanol–water partition coefficient (Wildman–Crippen LogP) is 2.94. The number of methoxy groups -OCH3 is 1. The molecule has 16 heavy (non-hydrogen) atoms. The van der Waals surface area contributed by atoms with Gasteiger partial charge in [-0.25, -0.2) is 0 Å². The highest BCUT2D eigenvalue weighted by molar-refractivity contribution is 9.10. The van der Waals surface area contributed by atoms with E-state index in [1.54, 1.807) is 25.3 Å². The van der Waals surface area contributed by atoms with Crippen molar-refractivity contribution in [2.75, 3.05) is 7.11 Å². The fraction of sp³-hybridized carbons (Fsp3) is 0.333. The van der Waals surface area contributed by atoms with Crippen molar-refractivity contribution >= 4 is 21.7 Å². The molecule has 0 radical (unpaired) electrons. The highest BCUT2D eigenvalue weighted by Crippen LogP contribution is 2.47. The van der Waals surface area contributed by atoms with Gasteiger partial charge in [0.15, 0.2) is 5.78 Å². The Kier molecular flexibility index (Phi) is 2.73. The van der Waals surface area contributed by atoms with Gasteiger partial charge in [-0.15, -0.1) is 0 Å².